The van der Waals surface area contributed by atoms with Crippen molar-refractivity contribution in [2.75, 3.05) is 30.9 Å². The summed E-state index contributed by atoms with van der Waals surface area (Å²) in [6.45, 7) is 4.42. The van der Waals surface area contributed by atoms with Gasteiger partial charge in [-0.05, 0) is 55.8 Å². The number of anilines is 1. The minimum atomic E-state index is -4.47. The van der Waals surface area contributed by atoms with Crippen LogP contribution >= 0.6 is 11.6 Å². The molecule has 0 aliphatic carbocycles. The van der Waals surface area contributed by atoms with E-state index in [0.717, 1.165) is 17.5 Å². The normalized spacial score (nSPS) is 12.0. The minimum Gasteiger partial charge on any atom is -0.369 e. The third kappa shape index (κ3) is 9.16. The number of hydrogen-bond acceptors (Lipinski definition) is 8. The second-order valence-electron chi connectivity index (χ2n) is 6.39. The quantitative estimate of drug-likeness (QED) is 0.307. The zero-order chi connectivity index (χ0) is 22.5. The second kappa shape index (κ2) is 12.2. The Balaban J connectivity index is 0.00000480. The molecule has 0 saturated carbocycles. The van der Waals surface area contributed by atoms with Crippen LogP contribution in [0.4, 0.5) is 17.1 Å². The largest absolute Gasteiger partial charge is 0.397 e. The van der Waals surface area contributed by atoms with Crippen LogP contribution in [0.5, 0.6) is 0 Å². The van der Waals surface area contributed by atoms with Gasteiger partial charge in [-0.25, -0.2) is 12.6 Å². The Morgan fingerprint density at radius 2 is 1.68 bits per heavy atom. The maximum atomic E-state index is 11.6. The summed E-state index contributed by atoms with van der Waals surface area (Å²) in [6, 6.07) is 9.64. The van der Waals surface area contributed by atoms with Gasteiger partial charge in [-0.15, -0.1) is 5.11 Å². The van der Waals surface area contributed by atoms with E-state index in [9.17, 15) is 16.8 Å². The van der Waals surface area contributed by atoms with Gasteiger partial charge in [0.05, 0.1) is 22.2 Å². The molecule has 0 aliphatic heterocycles. The van der Waals surface area contributed by atoms with Crippen molar-refractivity contribution in [3.63, 3.8) is 0 Å². The molecule has 0 amide bonds. The van der Waals surface area contributed by atoms with Crippen molar-refractivity contribution in [3.05, 3.63) is 47.0 Å². The second-order valence-corrected chi connectivity index (χ2v) is 9.90. The van der Waals surface area contributed by atoms with Crippen LogP contribution in [0.25, 0.3) is 0 Å². The number of likely N-dealkylation sites (N-methyl/N-ethyl adjacent to an activating group) is 1. The van der Waals surface area contributed by atoms with Gasteiger partial charge in [-0.3, -0.25) is 4.55 Å². The Labute approximate surface area is 230 Å². The van der Waals surface area contributed by atoms with Gasteiger partial charge in [0.2, 0.25) is 0 Å². The number of benzene rings is 2. The SMILES string of the molecule is CCN(CCOS(=O)(=O)O)c1ccc(N=Nc2ccc(S(C)(=O)=O)cc2Cl)c(C)c1.[K]. The molecule has 31 heavy (non-hydrogen) atoms. The number of sulfone groups is 1. The summed E-state index contributed by atoms with van der Waals surface area (Å²) in [7, 11) is -7.84. The van der Waals surface area contributed by atoms with Crippen LogP contribution in [0.2, 0.25) is 5.02 Å². The summed E-state index contributed by atoms with van der Waals surface area (Å²) in [4.78, 5) is 1.98. The van der Waals surface area contributed by atoms with Crippen LogP contribution in [0.15, 0.2) is 51.5 Å². The maximum Gasteiger partial charge on any atom is 0.397 e. The molecule has 0 aromatic heterocycles. The fourth-order valence-corrected chi connectivity index (χ4v) is 3.79. The van der Waals surface area contributed by atoms with Crippen molar-refractivity contribution in [2.45, 2.75) is 18.7 Å². The molecule has 0 fully saturated rings. The third-order valence-corrected chi connectivity index (χ3v) is 6.01. The molecule has 165 valence electrons. The molecular weight excluding hydrogens is 493 g/mol. The van der Waals surface area contributed by atoms with E-state index in [0.29, 0.717) is 17.9 Å². The molecule has 0 unspecified atom stereocenters. The van der Waals surface area contributed by atoms with Crippen molar-refractivity contribution in [3.8, 4) is 0 Å². The molecule has 0 atom stereocenters. The molecule has 1 radical (unpaired) electrons. The fraction of sp³-hybridized carbons (Fsp3) is 0.333. The van der Waals surface area contributed by atoms with E-state index in [1.54, 1.807) is 12.1 Å². The minimum absolute atomic E-state index is 0. The van der Waals surface area contributed by atoms with Crippen molar-refractivity contribution in [2.24, 2.45) is 10.2 Å². The topological polar surface area (TPSA) is 126 Å². The molecule has 1 N–H and O–H groups in total. The van der Waals surface area contributed by atoms with E-state index in [2.05, 4.69) is 14.4 Å². The van der Waals surface area contributed by atoms with Gasteiger partial charge in [0.15, 0.2) is 9.84 Å². The van der Waals surface area contributed by atoms with Crippen molar-refractivity contribution in [1.82, 2.24) is 0 Å². The number of rotatable bonds is 9. The van der Waals surface area contributed by atoms with E-state index in [1.807, 2.05) is 24.8 Å². The molecule has 0 heterocycles. The first-order valence-electron chi connectivity index (χ1n) is 8.79. The Bertz CT molecular complexity index is 1160. The Hall–Kier alpha value is -0.414. The first-order valence-corrected chi connectivity index (χ1v) is 12.4. The Morgan fingerprint density at radius 1 is 1.06 bits per heavy atom. The predicted molar refractivity (Wildman–Crippen MR) is 121 cm³/mol. The van der Waals surface area contributed by atoms with Crippen LogP contribution in [-0.4, -0.2) is 98.7 Å². The number of halogens is 1. The van der Waals surface area contributed by atoms with Gasteiger partial charge >= 0.3 is 10.4 Å². The molecular formula is C18H22ClKN3O6S2. The van der Waals surface area contributed by atoms with Crippen LogP contribution in [0, 0.1) is 6.92 Å². The first-order chi connectivity index (χ1) is 13.9. The van der Waals surface area contributed by atoms with Gasteiger partial charge < -0.3 is 4.90 Å². The van der Waals surface area contributed by atoms with Gasteiger partial charge in [-0.2, -0.15) is 13.5 Å². The molecule has 0 bridgehead atoms. The van der Waals surface area contributed by atoms with Gasteiger partial charge in [-0.1, -0.05) is 11.6 Å². The van der Waals surface area contributed by atoms with Gasteiger partial charge in [0, 0.05) is 76.4 Å². The number of nitrogens with zero attached hydrogens (tertiary/aromatic N) is 3. The molecule has 2 aromatic carbocycles. The molecule has 13 heteroatoms. The van der Waals surface area contributed by atoms with Crippen LogP contribution in [-0.2, 0) is 24.4 Å². The number of azo groups is 1. The molecule has 0 spiro atoms. The monoisotopic (exact) mass is 514 g/mol. The zero-order valence-corrected chi connectivity index (χ0v) is 23.1. The predicted octanol–water partition coefficient (Wildman–Crippen LogP) is 3.73. The zero-order valence-electron chi connectivity index (χ0n) is 17.6. The van der Waals surface area contributed by atoms with Crippen LogP contribution < -0.4 is 4.90 Å². The molecule has 2 rings (SSSR count). The summed E-state index contributed by atoms with van der Waals surface area (Å²) >= 11 is 6.11. The summed E-state index contributed by atoms with van der Waals surface area (Å²) in [6.07, 6.45) is 1.10. The Morgan fingerprint density at radius 3 is 2.19 bits per heavy atom. The average Bonchev–Trinajstić information content (AvgIpc) is 2.63. The molecule has 0 saturated heterocycles. The third-order valence-electron chi connectivity index (χ3n) is 4.13. The fourth-order valence-electron chi connectivity index (χ4n) is 2.58. The van der Waals surface area contributed by atoms with E-state index in [-0.39, 0.29) is 74.5 Å². The first kappa shape index (κ1) is 28.6. The summed E-state index contributed by atoms with van der Waals surface area (Å²) in [5.74, 6) is 0. The van der Waals surface area contributed by atoms with Crippen molar-refractivity contribution < 1.29 is 25.6 Å². The van der Waals surface area contributed by atoms with Gasteiger partial charge in [0.25, 0.3) is 0 Å². The van der Waals surface area contributed by atoms with Crippen LogP contribution in [0.1, 0.15) is 12.5 Å². The molecule has 9 nitrogen and oxygen atoms in total. The smallest absolute Gasteiger partial charge is 0.369 e. The van der Waals surface area contributed by atoms with Gasteiger partial charge in [0.1, 0.15) is 5.69 Å². The standard InChI is InChI=1S/C18H22ClN3O6S2.K/c1-4-22(9-10-28-30(25,26)27)14-5-7-17(13(2)11-14)20-21-18-8-6-15(12-16(18)19)29(3,23)24;/h5-8,11-12H,4,9-10H2,1-3H3,(H,25,26,27);. The summed E-state index contributed by atoms with van der Waals surface area (Å²) < 4.78 is 57.5. The van der Waals surface area contributed by atoms with E-state index in [1.165, 1.54) is 18.2 Å². The number of aryl methyl sites for hydroxylation is 1. The van der Waals surface area contributed by atoms with Crippen molar-refractivity contribution in [1.29, 1.82) is 0 Å². The average molecular weight is 515 g/mol. The van der Waals surface area contributed by atoms with Crippen LogP contribution in [0.3, 0.4) is 0 Å². The summed E-state index contributed by atoms with van der Waals surface area (Å²) in [5.41, 5.74) is 2.56. The summed E-state index contributed by atoms with van der Waals surface area (Å²) in [5, 5.41) is 8.46. The van der Waals surface area contributed by atoms with E-state index >= 15 is 0 Å². The molecule has 2 aromatic rings. The molecule has 0 aliphatic rings. The Kier molecular flexibility index (Phi) is 11.2. The number of hydrogen-bond donors (Lipinski definition) is 1. The van der Waals surface area contributed by atoms with E-state index in [4.69, 9.17) is 16.2 Å². The van der Waals surface area contributed by atoms with E-state index < -0.39 is 20.2 Å². The maximum absolute atomic E-state index is 11.6. The van der Waals surface area contributed by atoms with Crippen molar-refractivity contribution >= 4 is 100 Å².